The number of sulfone groups is 2. The summed E-state index contributed by atoms with van der Waals surface area (Å²) in [5.74, 6) is -1.74. The number of aryl methyl sites for hydroxylation is 1. The molecule has 0 aromatic heterocycles. The van der Waals surface area contributed by atoms with E-state index in [9.17, 15) is 31.5 Å². The van der Waals surface area contributed by atoms with Crippen molar-refractivity contribution in [3.63, 3.8) is 0 Å². The number of carbonyl (C=O) groups is 2. The second kappa shape index (κ2) is 15.2. The molecule has 0 bridgehead atoms. The number of nitrogens with one attached hydrogen (secondary N) is 1. The summed E-state index contributed by atoms with van der Waals surface area (Å²) in [6, 6.07) is 11.5. The van der Waals surface area contributed by atoms with Gasteiger partial charge in [0, 0.05) is 43.8 Å². The molecule has 248 valence electrons. The number of likely N-dealkylation sites (tertiary alicyclic amines) is 1. The zero-order valence-corrected chi connectivity index (χ0v) is 28.0. The molecule has 3 unspecified atom stereocenters. The lowest BCUT2D eigenvalue weighted by atomic mass is 9.90. The van der Waals surface area contributed by atoms with E-state index >= 15 is 0 Å². The summed E-state index contributed by atoms with van der Waals surface area (Å²) in [7, 11) is -6.67. The molecule has 4 rings (SSSR count). The molecule has 2 fully saturated rings. The van der Waals surface area contributed by atoms with Crippen molar-refractivity contribution in [2.45, 2.75) is 75.7 Å². The lowest BCUT2D eigenvalue weighted by Crippen LogP contribution is -2.42. The molecule has 0 spiro atoms. The lowest BCUT2D eigenvalue weighted by molar-refractivity contribution is -0.139. The molecule has 12 heteroatoms. The van der Waals surface area contributed by atoms with E-state index in [4.69, 9.17) is 4.74 Å². The minimum Gasteiger partial charge on any atom is -0.480 e. The fraction of sp³-hybridized carbons (Fsp3) is 0.576. The molecule has 2 aromatic rings. The van der Waals surface area contributed by atoms with Crippen LogP contribution < -0.4 is 5.32 Å². The first kappa shape index (κ1) is 35.1. The summed E-state index contributed by atoms with van der Waals surface area (Å²) < 4.78 is 54.6. The highest BCUT2D eigenvalue weighted by Gasteiger charge is 2.37. The Hall–Kier alpha value is -2.80. The fourth-order valence-electron chi connectivity index (χ4n) is 6.39. The van der Waals surface area contributed by atoms with Gasteiger partial charge in [-0.15, -0.1) is 0 Å². The fourth-order valence-corrected chi connectivity index (χ4v) is 8.08. The topological polar surface area (TPSA) is 147 Å². The van der Waals surface area contributed by atoms with E-state index in [2.05, 4.69) is 10.2 Å². The third kappa shape index (κ3) is 10.1. The molecule has 45 heavy (non-hydrogen) atoms. The van der Waals surface area contributed by atoms with Gasteiger partial charge in [-0.05, 0) is 72.9 Å². The van der Waals surface area contributed by atoms with Crippen LogP contribution in [-0.4, -0.2) is 94.1 Å². The van der Waals surface area contributed by atoms with Gasteiger partial charge in [0.25, 0.3) is 5.91 Å². The number of carboxylic acids is 1. The van der Waals surface area contributed by atoms with Crippen LogP contribution in [0.4, 0.5) is 0 Å². The van der Waals surface area contributed by atoms with Crippen molar-refractivity contribution in [2.75, 3.05) is 38.0 Å². The molecule has 3 atom stereocenters. The number of carbonyl (C=O) groups excluding carboxylic acids is 1. The number of rotatable bonds is 14. The van der Waals surface area contributed by atoms with Crippen LogP contribution in [0, 0.1) is 12.8 Å². The summed E-state index contributed by atoms with van der Waals surface area (Å²) in [4.78, 5) is 27.5. The van der Waals surface area contributed by atoms with Crippen molar-refractivity contribution < 1.29 is 36.3 Å². The summed E-state index contributed by atoms with van der Waals surface area (Å²) in [5, 5.41) is 11.7. The van der Waals surface area contributed by atoms with Crippen molar-refractivity contribution in [2.24, 2.45) is 5.92 Å². The largest absolute Gasteiger partial charge is 0.480 e. The SMILES string of the molecule is Cc1ccccc1-c1cc(CN2CC(S(C)(=O)=O)CC2COCC2CCCCC2)ccc1C(=O)NC(CCS(C)(=O)=O)C(=O)O. The highest BCUT2D eigenvalue weighted by atomic mass is 32.2. The average molecular weight is 663 g/mol. The highest BCUT2D eigenvalue weighted by molar-refractivity contribution is 7.91. The Morgan fingerprint density at radius 3 is 2.36 bits per heavy atom. The number of hydrogen-bond donors (Lipinski definition) is 2. The van der Waals surface area contributed by atoms with Crippen molar-refractivity contribution in [3.8, 4) is 11.1 Å². The second-order valence-electron chi connectivity index (χ2n) is 12.8. The zero-order valence-electron chi connectivity index (χ0n) is 26.4. The summed E-state index contributed by atoms with van der Waals surface area (Å²) >= 11 is 0. The Bertz CT molecular complexity index is 1570. The number of nitrogens with zero attached hydrogens (tertiary/aromatic N) is 1. The Kier molecular flexibility index (Phi) is 11.8. The Balaban J connectivity index is 1.58. The first-order chi connectivity index (χ1) is 21.2. The number of hydrogen-bond acceptors (Lipinski definition) is 8. The molecule has 1 saturated carbocycles. The first-order valence-electron chi connectivity index (χ1n) is 15.6. The van der Waals surface area contributed by atoms with Crippen LogP contribution in [0.2, 0.25) is 0 Å². The third-order valence-corrected chi connectivity index (χ3v) is 11.5. The van der Waals surface area contributed by atoms with Crippen LogP contribution in [0.15, 0.2) is 42.5 Å². The maximum atomic E-state index is 13.5. The average Bonchev–Trinajstić information content (AvgIpc) is 3.38. The van der Waals surface area contributed by atoms with E-state index in [1.54, 1.807) is 12.1 Å². The minimum absolute atomic E-state index is 0.0654. The van der Waals surface area contributed by atoms with E-state index in [1.165, 1.54) is 38.4 Å². The minimum atomic E-state index is -3.42. The van der Waals surface area contributed by atoms with Crippen molar-refractivity contribution in [1.29, 1.82) is 0 Å². The van der Waals surface area contributed by atoms with Crippen molar-refractivity contribution in [1.82, 2.24) is 10.2 Å². The normalized spacial score (nSPS) is 20.6. The molecule has 2 N–H and O–H groups in total. The molecular formula is C33H46N2O8S2. The Morgan fingerprint density at radius 2 is 1.71 bits per heavy atom. The molecule has 2 aromatic carbocycles. The molecule has 1 saturated heterocycles. The van der Waals surface area contributed by atoms with Crippen LogP contribution in [0.1, 0.15) is 66.4 Å². The second-order valence-corrected chi connectivity index (χ2v) is 17.4. The number of benzene rings is 2. The highest BCUT2D eigenvalue weighted by Crippen LogP contribution is 2.31. The molecule has 1 amide bonds. The van der Waals surface area contributed by atoms with Gasteiger partial charge in [0.1, 0.15) is 15.9 Å². The van der Waals surface area contributed by atoms with E-state index in [0.717, 1.165) is 22.9 Å². The molecule has 1 aliphatic heterocycles. The molecule has 2 aliphatic rings. The molecular weight excluding hydrogens is 617 g/mol. The van der Waals surface area contributed by atoms with Crippen LogP contribution in [0.3, 0.4) is 0 Å². The van der Waals surface area contributed by atoms with Gasteiger partial charge >= 0.3 is 5.97 Å². The number of aliphatic carboxylic acids is 1. The molecule has 10 nitrogen and oxygen atoms in total. The van der Waals surface area contributed by atoms with Crippen molar-refractivity contribution in [3.05, 3.63) is 59.2 Å². The van der Waals surface area contributed by atoms with Gasteiger partial charge in [-0.25, -0.2) is 21.6 Å². The van der Waals surface area contributed by atoms with E-state index < -0.39 is 42.8 Å². The summed E-state index contributed by atoms with van der Waals surface area (Å²) in [6.45, 7) is 3.91. The molecule has 1 heterocycles. The quantitative estimate of drug-likeness (QED) is 0.308. The van der Waals surface area contributed by atoms with Gasteiger partial charge < -0.3 is 15.2 Å². The standard InChI is InChI=1S/C33H46N2O8S2/c1-23-9-7-8-12-28(23)30-17-25(13-14-29(30)32(36)34-31(33(37)38)15-16-44(2,39)40)19-35-20-27(45(3,41)42)18-26(35)22-43-21-24-10-5-4-6-11-24/h7-9,12-14,17,24,26-27,31H,4-6,10-11,15-16,18-22H2,1-3H3,(H,34,36)(H,37,38). The monoisotopic (exact) mass is 662 g/mol. The van der Waals surface area contributed by atoms with Crippen LogP contribution in [0.25, 0.3) is 11.1 Å². The predicted molar refractivity (Wildman–Crippen MR) is 175 cm³/mol. The number of amides is 1. The number of ether oxygens (including phenoxy) is 1. The van der Waals surface area contributed by atoms with Gasteiger partial charge in [0.15, 0.2) is 9.84 Å². The van der Waals surface area contributed by atoms with Crippen LogP contribution >= 0.6 is 0 Å². The van der Waals surface area contributed by atoms with Gasteiger partial charge in [0.05, 0.1) is 17.6 Å². The lowest BCUT2D eigenvalue weighted by Gasteiger charge is -2.27. The molecule has 0 radical (unpaired) electrons. The zero-order chi connectivity index (χ0) is 32.8. The third-order valence-electron chi connectivity index (χ3n) is 9.01. The Labute approximate surface area is 267 Å². The van der Waals surface area contributed by atoms with Gasteiger partial charge in [-0.3, -0.25) is 9.69 Å². The predicted octanol–water partition coefficient (Wildman–Crippen LogP) is 3.86. The van der Waals surface area contributed by atoms with Gasteiger partial charge in [-0.2, -0.15) is 0 Å². The maximum absolute atomic E-state index is 13.5. The molecule has 1 aliphatic carbocycles. The van der Waals surface area contributed by atoms with Crippen LogP contribution in [-0.2, 0) is 35.8 Å². The summed E-state index contributed by atoms with van der Waals surface area (Å²) in [6.07, 6.45) is 8.64. The van der Waals surface area contributed by atoms with E-state index in [1.807, 2.05) is 37.3 Å². The van der Waals surface area contributed by atoms with E-state index in [0.29, 0.717) is 44.2 Å². The van der Waals surface area contributed by atoms with E-state index in [-0.39, 0.29) is 23.8 Å². The van der Waals surface area contributed by atoms with Gasteiger partial charge in [0.2, 0.25) is 0 Å². The first-order valence-corrected chi connectivity index (χ1v) is 19.6. The number of carboxylic acid groups (broad SMARTS) is 1. The smallest absolute Gasteiger partial charge is 0.326 e. The maximum Gasteiger partial charge on any atom is 0.326 e. The van der Waals surface area contributed by atoms with Crippen LogP contribution in [0.5, 0.6) is 0 Å². The van der Waals surface area contributed by atoms with Gasteiger partial charge in [-0.1, -0.05) is 49.6 Å². The summed E-state index contributed by atoms with van der Waals surface area (Å²) in [5.41, 5.74) is 3.47. The van der Waals surface area contributed by atoms with Crippen molar-refractivity contribution >= 4 is 31.6 Å². The Morgan fingerprint density at radius 1 is 1.00 bits per heavy atom.